The summed E-state index contributed by atoms with van der Waals surface area (Å²) in [6.07, 6.45) is -1.29. The van der Waals surface area contributed by atoms with Gasteiger partial charge in [-0.1, -0.05) is 0 Å². The predicted octanol–water partition coefficient (Wildman–Crippen LogP) is 1.92. The SMILES string of the molecule is CC1NCCCC1NC(=O)c1cccn1CC(F)(F)F. The van der Waals surface area contributed by atoms with E-state index in [4.69, 9.17) is 0 Å². The van der Waals surface area contributed by atoms with E-state index in [1.807, 2.05) is 6.92 Å². The zero-order chi connectivity index (χ0) is 14.8. The highest BCUT2D eigenvalue weighted by Gasteiger charge is 2.30. The number of piperidine rings is 1. The molecule has 1 aromatic heterocycles. The largest absolute Gasteiger partial charge is 0.406 e. The minimum atomic E-state index is -4.34. The molecule has 7 heteroatoms. The van der Waals surface area contributed by atoms with Crippen molar-refractivity contribution in [3.8, 4) is 0 Å². The van der Waals surface area contributed by atoms with Crippen molar-refractivity contribution in [2.24, 2.45) is 0 Å². The van der Waals surface area contributed by atoms with Crippen LogP contribution < -0.4 is 10.6 Å². The zero-order valence-electron chi connectivity index (χ0n) is 11.2. The first kappa shape index (κ1) is 14.9. The number of hydrogen-bond donors (Lipinski definition) is 2. The number of halogens is 3. The van der Waals surface area contributed by atoms with E-state index in [0.29, 0.717) is 0 Å². The van der Waals surface area contributed by atoms with E-state index in [1.54, 1.807) is 0 Å². The third-order valence-corrected chi connectivity index (χ3v) is 3.49. The van der Waals surface area contributed by atoms with Crippen LogP contribution in [0.15, 0.2) is 18.3 Å². The van der Waals surface area contributed by atoms with Gasteiger partial charge in [-0.3, -0.25) is 4.79 Å². The van der Waals surface area contributed by atoms with E-state index in [9.17, 15) is 18.0 Å². The monoisotopic (exact) mass is 289 g/mol. The second-order valence-electron chi connectivity index (χ2n) is 5.10. The maximum absolute atomic E-state index is 12.4. The van der Waals surface area contributed by atoms with E-state index in [-0.39, 0.29) is 17.8 Å². The van der Waals surface area contributed by atoms with Gasteiger partial charge in [0.2, 0.25) is 0 Å². The summed E-state index contributed by atoms with van der Waals surface area (Å²) in [5.41, 5.74) is 0.0418. The molecule has 4 nitrogen and oxygen atoms in total. The predicted molar refractivity (Wildman–Crippen MR) is 68.4 cm³/mol. The summed E-state index contributed by atoms with van der Waals surface area (Å²) < 4.78 is 38.2. The Kier molecular flexibility index (Phi) is 4.37. The van der Waals surface area contributed by atoms with Crippen molar-refractivity contribution >= 4 is 5.91 Å². The molecule has 1 saturated heterocycles. The zero-order valence-corrected chi connectivity index (χ0v) is 11.2. The van der Waals surface area contributed by atoms with Crippen LogP contribution in [0, 0.1) is 0 Å². The van der Waals surface area contributed by atoms with Crippen LogP contribution in [0.5, 0.6) is 0 Å². The van der Waals surface area contributed by atoms with Gasteiger partial charge < -0.3 is 15.2 Å². The third-order valence-electron chi connectivity index (χ3n) is 3.49. The quantitative estimate of drug-likeness (QED) is 0.893. The average molecular weight is 289 g/mol. The molecule has 2 atom stereocenters. The minimum Gasteiger partial charge on any atom is -0.346 e. The summed E-state index contributed by atoms with van der Waals surface area (Å²) in [5, 5.41) is 6.04. The molecule has 2 N–H and O–H groups in total. The third kappa shape index (κ3) is 3.75. The fraction of sp³-hybridized carbons (Fsp3) is 0.615. The number of hydrogen-bond acceptors (Lipinski definition) is 2. The molecular weight excluding hydrogens is 271 g/mol. The molecular formula is C13H18F3N3O. The van der Waals surface area contributed by atoms with Crippen LogP contribution in [0.1, 0.15) is 30.3 Å². The van der Waals surface area contributed by atoms with Gasteiger partial charge in [0.1, 0.15) is 12.2 Å². The Morgan fingerprint density at radius 1 is 1.55 bits per heavy atom. The summed E-state index contributed by atoms with van der Waals surface area (Å²) >= 11 is 0. The lowest BCUT2D eigenvalue weighted by atomic mass is 10.00. The van der Waals surface area contributed by atoms with Crippen LogP contribution in [0.3, 0.4) is 0 Å². The first-order valence-corrected chi connectivity index (χ1v) is 6.63. The van der Waals surface area contributed by atoms with Gasteiger partial charge in [-0.15, -0.1) is 0 Å². The number of alkyl halides is 3. The van der Waals surface area contributed by atoms with E-state index in [0.717, 1.165) is 24.0 Å². The minimum absolute atomic E-state index is 0.0418. The van der Waals surface area contributed by atoms with Gasteiger partial charge in [-0.05, 0) is 38.4 Å². The summed E-state index contributed by atoms with van der Waals surface area (Å²) in [6.45, 7) is 1.71. The second kappa shape index (κ2) is 5.87. The smallest absolute Gasteiger partial charge is 0.346 e. The van der Waals surface area contributed by atoms with Gasteiger partial charge in [0.15, 0.2) is 0 Å². The lowest BCUT2D eigenvalue weighted by Gasteiger charge is -2.30. The van der Waals surface area contributed by atoms with Crippen molar-refractivity contribution < 1.29 is 18.0 Å². The molecule has 0 aromatic carbocycles. The molecule has 0 bridgehead atoms. The normalized spacial score (nSPS) is 23.6. The Labute approximate surface area is 115 Å². The maximum Gasteiger partial charge on any atom is 0.406 e. The molecule has 20 heavy (non-hydrogen) atoms. The van der Waals surface area contributed by atoms with E-state index < -0.39 is 18.6 Å². The van der Waals surface area contributed by atoms with E-state index in [2.05, 4.69) is 10.6 Å². The van der Waals surface area contributed by atoms with Crippen molar-refractivity contribution in [2.45, 2.75) is 44.6 Å². The molecule has 1 amide bonds. The van der Waals surface area contributed by atoms with Crippen molar-refractivity contribution in [3.05, 3.63) is 24.0 Å². The van der Waals surface area contributed by atoms with E-state index in [1.165, 1.54) is 18.3 Å². The molecule has 2 unspecified atom stereocenters. The average Bonchev–Trinajstić information content (AvgIpc) is 2.77. The second-order valence-corrected chi connectivity index (χ2v) is 5.10. The Balaban J connectivity index is 2.04. The van der Waals surface area contributed by atoms with Crippen LogP contribution in [0.2, 0.25) is 0 Å². The van der Waals surface area contributed by atoms with Crippen molar-refractivity contribution in [3.63, 3.8) is 0 Å². The molecule has 0 radical (unpaired) electrons. The standard InChI is InChI=1S/C13H18F3N3O/c1-9-10(4-2-6-17-9)18-12(20)11-5-3-7-19(11)8-13(14,15)16/h3,5,7,9-10,17H,2,4,6,8H2,1H3,(H,18,20). The van der Waals surface area contributed by atoms with Crippen molar-refractivity contribution in [1.29, 1.82) is 0 Å². The van der Waals surface area contributed by atoms with Gasteiger partial charge in [0.05, 0.1) is 0 Å². The number of rotatable bonds is 3. The fourth-order valence-corrected chi connectivity index (χ4v) is 2.43. The van der Waals surface area contributed by atoms with Crippen molar-refractivity contribution in [1.82, 2.24) is 15.2 Å². The summed E-state index contributed by atoms with van der Waals surface area (Å²) in [7, 11) is 0. The molecule has 1 aliphatic rings. The van der Waals surface area contributed by atoms with Crippen LogP contribution in [-0.4, -0.2) is 35.3 Å². The Bertz CT molecular complexity index is 470. The van der Waals surface area contributed by atoms with Gasteiger partial charge in [-0.25, -0.2) is 0 Å². The van der Waals surface area contributed by atoms with Crippen LogP contribution >= 0.6 is 0 Å². The number of aromatic nitrogens is 1. The lowest BCUT2D eigenvalue weighted by Crippen LogP contribution is -2.52. The Morgan fingerprint density at radius 2 is 2.30 bits per heavy atom. The Hall–Kier alpha value is -1.50. The number of amides is 1. The summed E-state index contributed by atoms with van der Waals surface area (Å²) in [5.74, 6) is -0.459. The van der Waals surface area contributed by atoms with Gasteiger partial charge in [0, 0.05) is 18.3 Å². The van der Waals surface area contributed by atoms with Crippen LogP contribution in [-0.2, 0) is 6.54 Å². The number of carbonyl (C=O) groups is 1. The number of nitrogens with zero attached hydrogens (tertiary/aromatic N) is 1. The van der Waals surface area contributed by atoms with Crippen molar-refractivity contribution in [2.75, 3.05) is 6.54 Å². The number of nitrogens with one attached hydrogen (secondary N) is 2. The highest BCUT2D eigenvalue weighted by molar-refractivity contribution is 5.93. The fourth-order valence-electron chi connectivity index (χ4n) is 2.43. The molecule has 0 spiro atoms. The molecule has 2 heterocycles. The molecule has 1 fully saturated rings. The highest BCUT2D eigenvalue weighted by atomic mass is 19.4. The highest BCUT2D eigenvalue weighted by Crippen LogP contribution is 2.19. The summed E-state index contributed by atoms with van der Waals surface area (Å²) in [6, 6.07) is 2.93. The Morgan fingerprint density at radius 3 is 2.95 bits per heavy atom. The van der Waals surface area contributed by atoms with E-state index >= 15 is 0 Å². The molecule has 0 saturated carbocycles. The molecule has 1 aromatic rings. The first-order valence-electron chi connectivity index (χ1n) is 6.63. The van der Waals surface area contributed by atoms with Crippen LogP contribution in [0.4, 0.5) is 13.2 Å². The molecule has 2 rings (SSSR count). The topological polar surface area (TPSA) is 46.1 Å². The molecule has 1 aliphatic heterocycles. The summed E-state index contributed by atoms with van der Waals surface area (Å²) in [4.78, 5) is 12.1. The molecule has 112 valence electrons. The van der Waals surface area contributed by atoms with Gasteiger partial charge >= 0.3 is 6.18 Å². The van der Waals surface area contributed by atoms with Gasteiger partial charge in [-0.2, -0.15) is 13.2 Å². The lowest BCUT2D eigenvalue weighted by molar-refractivity contribution is -0.140. The maximum atomic E-state index is 12.4. The first-order chi connectivity index (χ1) is 9.37. The van der Waals surface area contributed by atoms with Crippen LogP contribution in [0.25, 0.3) is 0 Å². The van der Waals surface area contributed by atoms with Gasteiger partial charge in [0.25, 0.3) is 5.91 Å². The number of carbonyl (C=O) groups excluding carboxylic acids is 1. The molecule has 0 aliphatic carbocycles.